The zero-order valence-electron chi connectivity index (χ0n) is 28.2. The molecule has 0 saturated heterocycles. The summed E-state index contributed by atoms with van der Waals surface area (Å²) >= 11 is 0. The van der Waals surface area contributed by atoms with Gasteiger partial charge in [0.25, 0.3) is 0 Å². The summed E-state index contributed by atoms with van der Waals surface area (Å²) in [6, 6.07) is 46.7. The molecule has 0 N–H and O–H groups in total. The average Bonchev–Trinajstić information content (AvgIpc) is 3.25. The first kappa shape index (κ1) is 36.0. The van der Waals surface area contributed by atoms with Gasteiger partial charge in [-0.15, -0.1) is 35.4 Å². The maximum atomic E-state index is 7.24. The van der Waals surface area contributed by atoms with Crippen molar-refractivity contribution in [3.05, 3.63) is 194 Å². The van der Waals surface area contributed by atoms with Gasteiger partial charge in [-0.2, -0.15) is 0 Å². The zero-order valence-corrected chi connectivity index (χ0v) is 30.4. The Balaban J connectivity index is 0.000000178. The molecule has 0 aliphatic rings. The minimum absolute atomic E-state index is 0. The number of hydrogen-bond donors (Lipinski definition) is 0. The third-order valence-electron chi connectivity index (χ3n) is 8.09. The van der Waals surface area contributed by atoms with Crippen LogP contribution in [0.2, 0.25) is 0 Å². The summed E-state index contributed by atoms with van der Waals surface area (Å²) in [4.78, 5) is 27.2. The van der Waals surface area contributed by atoms with E-state index < -0.39 is 0 Å². The van der Waals surface area contributed by atoms with Gasteiger partial charge in [-0.1, -0.05) is 48.5 Å². The van der Waals surface area contributed by atoms with E-state index >= 15 is 0 Å². The van der Waals surface area contributed by atoms with Crippen molar-refractivity contribution in [1.29, 1.82) is 0 Å². The van der Waals surface area contributed by atoms with Crippen LogP contribution in [0.3, 0.4) is 0 Å². The van der Waals surface area contributed by atoms with E-state index in [0.717, 1.165) is 78.9 Å². The molecule has 0 atom stereocenters. The zero-order chi connectivity index (χ0) is 35.5. The number of benzene rings is 2. The molecule has 0 fully saturated rings. The van der Waals surface area contributed by atoms with Crippen molar-refractivity contribution in [3.8, 4) is 79.6 Å². The molecule has 0 saturated carbocycles. The van der Waals surface area contributed by atoms with Crippen LogP contribution in [0.25, 0.3) is 67.8 Å². The van der Waals surface area contributed by atoms with Crippen LogP contribution < -0.4 is 0 Å². The molecule has 0 amide bonds. The van der Waals surface area contributed by atoms with Gasteiger partial charge >= 0.3 is 21.1 Å². The van der Waals surface area contributed by atoms with Crippen molar-refractivity contribution in [2.75, 3.05) is 0 Å². The molecule has 0 aliphatic carbocycles. The van der Waals surface area contributed by atoms with Gasteiger partial charge in [0.05, 0.1) is 45.6 Å². The second-order valence-corrected chi connectivity index (χ2v) is 11.5. The second kappa shape index (κ2) is 17.4. The monoisotopic (exact) mass is 859 g/mol. The minimum Gasteiger partial charge on any atom is -0.366 e. The van der Waals surface area contributed by atoms with Crippen molar-refractivity contribution < 1.29 is 21.1 Å². The van der Waals surface area contributed by atoms with E-state index in [1.807, 2.05) is 146 Å². The van der Waals surface area contributed by atoms with Crippen molar-refractivity contribution in [3.63, 3.8) is 0 Å². The smallest absolute Gasteiger partial charge is 0.366 e. The molecule has 252 valence electrons. The third kappa shape index (κ3) is 8.91. The molecular weight excluding hydrogens is 832 g/mol. The van der Waals surface area contributed by atoms with E-state index in [9.17, 15) is 0 Å². The van der Waals surface area contributed by atoms with Gasteiger partial charge in [-0.25, -0.2) is 9.97 Å². The Kier molecular flexibility index (Phi) is 11.8. The van der Waals surface area contributed by atoms with Crippen LogP contribution in [0.5, 0.6) is 0 Å². The first-order valence-corrected chi connectivity index (χ1v) is 16.4. The summed E-state index contributed by atoms with van der Waals surface area (Å²) in [5.41, 5.74) is 12.1. The first-order chi connectivity index (χ1) is 25.7. The maximum absolute atomic E-state index is 7.24. The summed E-state index contributed by atoms with van der Waals surface area (Å²) in [7, 11) is 0. The van der Waals surface area contributed by atoms with E-state index in [-0.39, 0.29) is 21.1 Å². The van der Waals surface area contributed by atoms with E-state index in [0.29, 0.717) is 0 Å². The van der Waals surface area contributed by atoms with E-state index in [2.05, 4.69) is 31.8 Å². The number of rotatable bonds is 6. The van der Waals surface area contributed by atoms with Crippen LogP contribution in [0.15, 0.2) is 170 Å². The van der Waals surface area contributed by atoms with Crippen LogP contribution >= 0.6 is 0 Å². The number of nitrogens with zero attached hydrogens (tertiary/aromatic N) is 6. The molecule has 6 heterocycles. The summed E-state index contributed by atoms with van der Waals surface area (Å²) < 4.78 is 0. The minimum atomic E-state index is 0. The largest absolute Gasteiger partial charge is 2.00 e. The topological polar surface area (TPSA) is 77.3 Å². The molecule has 8 rings (SSSR count). The molecule has 2 aromatic carbocycles. The molecule has 0 radical (unpaired) electrons. The van der Waals surface area contributed by atoms with Gasteiger partial charge < -0.3 is 12.8 Å². The Morgan fingerprint density at radius 3 is 0.830 bits per heavy atom. The van der Waals surface area contributed by atoms with Gasteiger partial charge in [0.1, 0.15) is 0 Å². The summed E-state index contributed by atoms with van der Waals surface area (Å²) in [5, 5.41) is 0. The Labute approximate surface area is 323 Å². The molecule has 8 aromatic rings. The van der Waals surface area contributed by atoms with Crippen LogP contribution in [-0.4, -0.2) is 29.9 Å². The van der Waals surface area contributed by atoms with Gasteiger partial charge in [0.15, 0.2) is 0 Å². The van der Waals surface area contributed by atoms with E-state index in [1.54, 1.807) is 24.8 Å². The Morgan fingerprint density at radius 2 is 0.604 bits per heavy atom. The van der Waals surface area contributed by atoms with Crippen molar-refractivity contribution in [2.45, 2.75) is 0 Å². The molecule has 0 bridgehead atoms. The van der Waals surface area contributed by atoms with E-state index in [4.69, 9.17) is 22.8 Å². The molecule has 53 heavy (non-hydrogen) atoms. The van der Waals surface area contributed by atoms with Crippen molar-refractivity contribution in [2.24, 2.45) is 0 Å². The van der Waals surface area contributed by atoms with Crippen LogP contribution in [0.1, 0.15) is 11.1 Å². The summed E-state index contributed by atoms with van der Waals surface area (Å²) in [6.07, 6.45) is 21.5. The number of pyridine rings is 6. The van der Waals surface area contributed by atoms with Crippen LogP contribution in [0.4, 0.5) is 0 Å². The number of hydrogen-bond acceptors (Lipinski definition) is 6. The average molecular weight is 860 g/mol. The fourth-order valence-electron chi connectivity index (χ4n) is 5.47. The molecule has 0 aliphatic heterocycles. The van der Waals surface area contributed by atoms with Gasteiger partial charge in [-0.3, -0.25) is 31.8 Å². The molecule has 0 spiro atoms. The molecule has 7 heteroatoms. The van der Waals surface area contributed by atoms with Gasteiger partial charge in [-0.05, 0) is 95.1 Å². The molecule has 6 aromatic heterocycles. The van der Waals surface area contributed by atoms with Gasteiger partial charge in [0, 0.05) is 24.8 Å². The summed E-state index contributed by atoms with van der Waals surface area (Å²) in [6.45, 7) is 0. The first-order valence-electron chi connectivity index (χ1n) is 16.4. The fourth-order valence-corrected chi connectivity index (χ4v) is 5.47. The van der Waals surface area contributed by atoms with Crippen molar-refractivity contribution in [1.82, 2.24) is 29.9 Å². The summed E-state index contributed by atoms with van der Waals surface area (Å²) in [5.74, 6) is 4.80. The third-order valence-corrected chi connectivity index (χ3v) is 8.09. The predicted molar refractivity (Wildman–Crippen MR) is 205 cm³/mol. The standard InChI is InChI=1S/2C23H14N3.Pt/c2*1-2-17-9-11-18(12-10-17)19-15-22(20-7-3-5-13-24-20)26-23(16-19)21-8-4-6-14-25-21;/h2*3-16H;/q2*-1;+2. The Hall–Kier alpha value is -6.85. The van der Waals surface area contributed by atoms with E-state index in [1.165, 1.54) is 0 Å². The second-order valence-electron chi connectivity index (χ2n) is 11.5. The maximum Gasteiger partial charge on any atom is 2.00 e. The predicted octanol–water partition coefficient (Wildman–Crippen LogP) is 9.62. The van der Waals surface area contributed by atoms with Gasteiger partial charge in [0.2, 0.25) is 0 Å². The Bertz CT molecular complexity index is 2200. The molecular formula is C46H28N6Pt. The SMILES string of the molecule is [C-]#Cc1ccc(-c2cc(-c3ccccn3)nc(-c3ccccn3)c2)cc1.[C-]#Cc1ccc(-c2cc(-c3ccccn3)nc(-c3ccccn3)c2)cc1.[Pt+2]. The quantitative estimate of drug-likeness (QED) is 0.123. The van der Waals surface area contributed by atoms with Crippen molar-refractivity contribution >= 4 is 0 Å². The van der Waals surface area contributed by atoms with Crippen LogP contribution in [0, 0.1) is 24.7 Å². The fraction of sp³-hybridized carbons (Fsp3) is 0. The van der Waals surface area contributed by atoms with Crippen LogP contribution in [-0.2, 0) is 21.1 Å². The number of aromatic nitrogens is 6. The normalized spacial score (nSPS) is 10.1. The Morgan fingerprint density at radius 1 is 0.321 bits per heavy atom. The molecule has 6 nitrogen and oxygen atoms in total. The molecule has 0 unspecified atom stereocenters.